The van der Waals surface area contributed by atoms with E-state index in [1.807, 2.05) is 30.3 Å². The van der Waals surface area contributed by atoms with E-state index in [4.69, 9.17) is 10.6 Å². The molecule has 0 fully saturated rings. The first-order chi connectivity index (χ1) is 11.2. The number of benzene rings is 2. The lowest BCUT2D eigenvalue weighted by Crippen LogP contribution is -2.36. The molecule has 0 bridgehead atoms. The maximum atomic E-state index is 11.2. The number of hydrogen-bond donors (Lipinski definition) is 1. The Morgan fingerprint density at radius 3 is 2.65 bits per heavy atom. The van der Waals surface area contributed by atoms with Crippen LogP contribution in [0.4, 0.5) is 0 Å². The van der Waals surface area contributed by atoms with Crippen LogP contribution < -0.4 is 10.6 Å². The van der Waals surface area contributed by atoms with Gasteiger partial charge in [-0.05, 0) is 29.2 Å². The minimum Gasteiger partial charge on any atom is -0.488 e. The number of ether oxygens (including phenoxy) is 1. The largest absolute Gasteiger partial charge is 0.488 e. The van der Waals surface area contributed by atoms with E-state index in [-0.39, 0.29) is 5.91 Å². The molecule has 0 saturated heterocycles. The summed E-state index contributed by atoms with van der Waals surface area (Å²) in [4.78, 5) is 11.2. The van der Waals surface area contributed by atoms with Crippen molar-refractivity contribution in [2.45, 2.75) is 20.0 Å². The van der Waals surface area contributed by atoms with Crippen LogP contribution in [-0.2, 0) is 11.4 Å². The van der Waals surface area contributed by atoms with Gasteiger partial charge in [-0.3, -0.25) is 9.80 Å². The van der Waals surface area contributed by atoms with Crippen LogP contribution in [0.5, 0.6) is 5.75 Å². The fraction of sp³-hybridized carbons (Fsp3) is 0.211. The van der Waals surface area contributed by atoms with Gasteiger partial charge in [-0.25, -0.2) is 5.84 Å². The van der Waals surface area contributed by atoms with Crippen LogP contribution in [0.2, 0.25) is 0 Å². The second kappa shape index (κ2) is 6.67. The van der Waals surface area contributed by atoms with Crippen molar-refractivity contribution in [2.75, 3.05) is 6.54 Å². The van der Waals surface area contributed by atoms with Gasteiger partial charge in [-0.15, -0.1) is 0 Å². The average molecular weight is 308 g/mol. The van der Waals surface area contributed by atoms with Crippen LogP contribution in [-0.4, -0.2) is 17.5 Å². The van der Waals surface area contributed by atoms with Gasteiger partial charge in [0.25, 0.3) is 0 Å². The SMILES string of the molecule is CC(=O)N(N)CC/C=C1\c2ccccc2COc2ccccc21. The third-order valence-corrected chi connectivity index (χ3v) is 3.99. The molecule has 0 radical (unpaired) electrons. The minimum atomic E-state index is -0.131. The molecule has 4 nitrogen and oxygen atoms in total. The molecule has 2 aromatic carbocycles. The maximum Gasteiger partial charge on any atom is 0.233 e. The molecule has 118 valence electrons. The zero-order chi connectivity index (χ0) is 16.2. The Labute approximate surface area is 136 Å². The molecule has 2 N–H and O–H groups in total. The Bertz CT molecular complexity index is 703. The summed E-state index contributed by atoms with van der Waals surface area (Å²) >= 11 is 0. The highest BCUT2D eigenvalue weighted by Gasteiger charge is 2.18. The summed E-state index contributed by atoms with van der Waals surface area (Å²) in [6, 6.07) is 16.3. The molecule has 0 spiro atoms. The monoisotopic (exact) mass is 308 g/mol. The Hall–Kier alpha value is -2.59. The molecular formula is C19H20N2O2. The zero-order valence-electron chi connectivity index (χ0n) is 13.2. The van der Waals surface area contributed by atoms with Crippen molar-refractivity contribution in [1.29, 1.82) is 0 Å². The van der Waals surface area contributed by atoms with Crippen LogP contribution in [0.25, 0.3) is 5.57 Å². The lowest BCUT2D eigenvalue weighted by molar-refractivity contribution is -0.129. The van der Waals surface area contributed by atoms with Crippen LogP contribution in [0.3, 0.4) is 0 Å². The number of carbonyl (C=O) groups is 1. The van der Waals surface area contributed by atoms with Crippen LogP contribution in [0.15, 0.2) is 54.6 Å². The molecule has 0 atom stereocenters. The van der Waals surface area contributed by atoms with Crippen LogP contribution in [0.1, 0.15) is 30.0 Å². The Kier molecular flexibility index (Phi) is 4.44. The standard InChI is InChI=1S/C19H20N2O2/c1-14(22)21(20)12-6-10-17-16-8-3-2-7-15(16)13-23-19-11-5-4-9-18(17)19/h2-5,7-11H,6,12-13,20H2,1H3/b17-10+. The number of nitrogens with two attached hydrogens (primary N) is 1. The van der Waals surface area contributed by atoms with Gasteiger partial charge in [-0.1, -0.05) is 48.5 Å². The number of hydrogen-bond acceptors (Lipinski definition) is 3. The van der Waals surface area contributed by atoms with Gasteiger partial charge < -0.3 is 4.74 Å². The summed E-state index contributed by atoms with van der Waals surface area (Å²) in [5.74, 6) is 6.43. The van der Waals surface area contributed by atoms with Crippen molar-refractivity contribution in [3.63, 3.8) is 0 Å². The lowest BCUT2D eigenvalue weighted by atomic mass is 9.93. The third-order valence-electron chi connectivity index (χ3n) is 3.99. The van der Waals surface area contributed by atoms with E-state index in [0.717, 1.165) is 22.4 Å². The Balaban J connectivity index is 1.98. The van der Waals surface area contributed by atoms with Crippen molar-refractivity contribution in [3.8, 4) is 5.75 Å². The van der Waals surface area contributed by atoms with E-state index < -0.39 is 0 Å². The van der Waals surface area contributed by atoms with Gasteiger partial charge in [0, 0.05) is 19.0 Å². The Morgan fingerprint density at radius 2 is 1.87 bits per heavy atom. The molecule has 0 aromatic heterocycles. The first kappa shape index (κ1) is 15.3. The topological polar surface area (TPSA) is 55.6 Å². The molecule has 0 unspecified atom stereocenters. The van der Waals surface area contributed by atoms with Crippen molar-refractivity contribution >= 4 is 11.5 Å². The third kappa shape index (κ3) is 3.27. The normalized spacial score (nSPS) is 14.4. The molecule has 1 aliphatic heterocycles. The lowest BCUT2D eigenvalue weighted by Gasteiger charge is -2.14. The predicted octanol–water partition coefficient (Wildman–Crippen LogP) is 3.12. The summed E-state index contributed by atoms with van der Waals surface area (Å²) in [6.45, 7) is 2.52. The highest BCUT2D eigenvalue weighted by molar-refractivity contribution is 5.85. The second-order valence-electron chi connectivity index (χ2n) is 5.56. The smallest absolute Gasteiger partial charge is 0.233 e. The van der Waals surface area contributed by atoms with Gasteiger partial charge in [-0.2, -0.15) is 0 Å². The summed E-state index contributed by atoms with van der Waals surface area (Å²) < 4.78 is 5.94. The number of hydrazine groups is 1. The highest BCUT2D eigenvalue weighted by atomic mass is 16.5. The van der Waals surface area contributed by atoms with Gasteiger partial charge in [0.2, 0.25) is 5.91 Å². The Morgan fingerprint density at radius 1 is 1.17 bits per heavy atom. The van der Waals surface area contributed by atoms with E-state index in [1.54, 1.807) is 0 Å². The van der Waals surface area contributed by atoms with Crippen molar-refractivity contribution in [1.82, 2.24) is 5.01 Å². The number of para-hydroxylation sites is 1. The summed E-state index contributed by atoms with van der Waals surface area (Å²) in [5, 5.41) is 1.24. The number of carbonyl (C=O) groups excluding carboxylic acids is 1. The first-order valence-corrected chi connectivity index (χ1v) is 7.70. The van der Waals surface area contributed by atoms with Gasteiger partial charge in [0.15, 0.2) is 0 Å². The molecule has 4 heteroatoms. The molecule has 3 rings (SSSR count). The second-order valence-corrected chi connectivity index (χ2v) is 5.56. The summed E-state index contributed by atoms with van der Waals surface area (Å²) in [7, 11) is 0. The maximum absolute atomic E-state index is 11.2. The predicted molar refractivity (Wildman–Crippen MR) is 90.5 cm³/mol. The van der Waals surface area contributed by atoms with Crippen molar-refractivity contribution in [3.05, 3.63) is 71.3 Å². The molecular weight excluding hydrogens is 288 g/mol. The molecule has 0 saturated carbocycles. The van der Waals surface area contributed by atoms with E-state index in [2.05, 4.69) is 24.3 Å². The van der Waals surface area contributed by atoms with E-state index in [9.17, 15) is 4.79 Å². The van der Waals surface area contributed by atoms with Crippen LogP contribution >= 0.6 is 0 Å². The molecule has 1 amide bonds. The minimum absolute atomic E-state index is 0.131. The van der Waals surface area contributed by atoms with E-state index in [1.165, 1.54) is 17.5 Å². The molecule has 0 aliphatic carbocycles. The molecule has 2 aromatic rings. The number of fused-ring (bicyclic) bond motifs is 2. The van der Waals surface area contributed by atoms with Crippen molar-refractivity contribution in [2.24, 2.45) is 5.84 Å². The zero-order valence-corrected chi connectivity index (χ0v) is 13.2. The highest BCUT2D eigenvalue weighted by Crippen LogP contribution is 2.36. The quantitative estimate of drug-likeness (QED) is 0.538. The van der Waals surface area contributed by atoms with Gasteiger partial charge >= 0.3 is 0 Å². The number of rotatable bonds is 3. The number of amides is 1. The van der Waals surface area contributed by atoms with Crippen LogP contribution in [0, 0.1) is 0 Å². The van der Waals surface area contributed by atoms with E-state index >= 15 is 0 Å². The number of nitrogens with zero attached hydrogens (tertiary/aromatic N) is 1. The molecule has 1 heterocycles. The first-order valence-electron chi connectivity index (χ1n) is 7.70. The van der Waals surface area contributed by atoms with E-state index in [0.29, 0.717) is 19.6 Å². The fourth-order valence-electron chi connectivity index (χ4n) is 2.75. The summed E-state index contributed by atoms with van der Waals surface area (Å²) in [6.07, 6.45) is 2.82. The molecule has 1 aliphatic rings. The van der Waals surface area contributed by atoms with Gasteiger partial charge in [0.1, 0.15) is 12.4 Å². The van der Waals surface area contributed by atoms with Crippen molar-refractivity contribution < 1.29 is 9.53 Å². The fourth-order valence-corrected chi connectivity index (χ4v) is 2.75. The molecule has 23 heavy (non-hydrogen) atoms. The van der Waals surface area contributed by atoms with Gasteiger partial charge in [0.05, 0.1) is 0 Å². The summed E-state index contributed by atoms with van der Waals surface area (Å²) in [5.41, 5.74) is 4.53. The average Bonchev–Trinajstić information content (AvgIpc) is 2.72.